The molecule has 1 saturated carbocycles. The van der Waals surface area contributed by atoms with Crippen molar-refractivity contribution in [1.29, 1.82) is 0 Å². The summed E-state index contributed by atoms with van der Waals surface area (Å²) in [5.41, 5.74) is 6.64. The third-order valence-corrected chi connectivity index (χ3v) is 6.67. The number of nitrogens with zero attached hydrogens (tertiary/aromatic N) is 1. The summed E-state index contributed by atoms with van der Waals surface area (Å²) in [6, 6.07) is 14.3. The van der Waals surface area contributed by atoms with Gasteiger partial charge in [-0.05, 0) is 55.4 Å². The van der Waals surface area contributed by atoms with Crippen LogP contribution in [0.4, 0.5) is 5.69 Å². The summed E-state index contributed by atoms with van der Waals surface area (Å²) in [5.74, 6) is -0.307. The molecule has 1 fully saturated rings. The van der Waals surface area contributed by atoms with Gasteiger partial charge in [0, 0.05) is 35.2 Å². The van der Waals surface area contributed by atoms with Gasteiger partial charge in [-0.15, -0.1) is 0 Å². The van der Waals surface area contributed by atoms with Crippen LogP contribution in [0.25, 0.3) is 22.2 Å². The molecule has 29 heavy (non-hydrogen) atoms. The Kier molecular flexibility index (Phi) is 4.78. The highest BCUT2D eigenvalue weighted by atomic mass is 16.4. The lowest BCUT2D eigenvalue weighted by Gasteiger charge is -2.24. The van der Waals surface area contributed by atoms with Crippen LogP contribution in [0.1, 0.15) is 66.8 Å². The number of carboxylic acid groups (broad SMARTS) is 1. The van der Waals surface area contributed by atoms with Gasteiger partial charge in [-0.2, -0.15) is 0 Å². The fourth-order valence-electron chi connectivity index (χ4n) is 5.30. The number of carboxylic acids is 1. The average Bonchev–Trinajstić information content (AvgIpc) is 3.11. The topological polar surface area (TPSA) is 54.3 Å². The van der Waals surface area contributed by atoms with E-state index in [1.54, 1.807) is 6.07 Å². The van der Waals surface area contributed by atoms with Crippen molar-refractivity contribution >= 4 is 22.6 Å². The molecule has 0 saturated heterocycles. The Morgan fingerprint density at radius 1 is 1.00 bits per heavy atom. The smallest absolute Gasteiger partial charge is 0.335 e. The van der Waals surface area contributed by atoms with Gasteiger partial charge in [0.1, 0.15) is 0 Å². The molecule has 1 aliphatic carbocycles. The molecule has 4 nitrogen and oxygen atoms in total. The van der Waals surface area contributed by atoms with Crippen LogP contribution >= 0.6 is 0 Å². The Hall–Kier alpha value is -2.75. The molecular weight excluding hydrogens is 360 g/mol. The molecule has 2 N–H and O–H groups in total. The van der Waals surface area contributed by atoms with Crippen molar-refractivity contribution in [3.63, 3.8) is 0 Å². The highest BCUT2D eigenvalue weighted by molar-refractivity contribution is 5.99. The van der Waals surface area contributed by atoms with Crippen molar-refractivity contribution in [1.82, 2.24) is 4.57 Å². The van der Waals surface area contributed by atoms with E-state index in [0.29, 0.717) is 11.5 Å². The molecule has 2 aromatic carbocycles. The van der Waals surface area contributed by atoms with Crippen LogP contribution in [0, 0.1) is 0 Å². The quantitative estimate of drug-likeness (QED) is 0.545. The number of aromatic carboxylic acids is 1. The van der Waals surface area contributed by atoms with E-state index >= 15 is 0 Å². The molecule has 0 atom stereocenters. The van der Waals surface area contributed by atoms with Crippen molar-refractivity contribution in [3.8, 4) is 11.3 Å². The fraction of sp³-hybridized carbons (Fsp3) is 0.400. The van der Waals surface area contributed by atoms with Gasteiger partial charge in [0.05, 0.1) is 11.3 Å². The second-order valence-corrected chi connectivity index (χ2v) is 8.47. The third-order valence-electron chi connectivity index (χ3n) is 6.67. The molecule has 5 rings (SSSR count). The highest BCUT2D eigenvalue weighted by Crippen LogP contribution is 2.46. The van der Waals surface area contributed by atoms with E-state index in [4.69, 9.17) is 0 Å². The minimum Gasteiger partial charge on any atom is -0.478 e. The maximum Gasteiger partial charge on any atom is 0.335 e. The minimum absolute atomic E-state index is 0.374. The lowest BCUT2D eigenvalue weighted by Crippen LogP contribution is -2.07. The minimum atomic E-state index is -0.855. The zero-order valence-electron chi connectivity index (χ0n) is 16.8. The first-order valence-electron chi connectivity index (χ1n) is 11.0. The molecule has 150 valence electrons. The molecule has 0 unspecified atom stereocenters. The Bertz CT molecular complexity index is 1060. The highest BCUT2D eigenvalue weighted by Gasteiger charge is 2.28. The number of hydrogen-bond donors (Lipinski definition) is 2. The predicted octanol–water partition coefficient (Wildman–Crippen LogP) is 6.26. The summed E-state index contributed by atoms with van der Waals surface area (Å²) in [6.45, 7) is 1.90. The van der Waals surface area contributed by atoms with Gasteiger partial charge in [0.15, 0.2) is 0 Å². The van der Waals surface area contributed by atoms with E-state index in [0.717, 1.165) is 31.4 Å². The lowest BCUT2D eigenvalue weighted by atomic mass is 9.81. The zero-order valence-corrected chi connectivity index (χ0v) is 16.8. The van der Waals surface area contributed by atoms with Gasteiger partial charge in [0.25, 0.3) is 0 Å². The number of nitrogens with one attached hydrogen (secondary N) is 1. The Labute approximate surface area is 171 Å². The van der Waals surface area contributed by atoms with E-state index in [-0.39, 0.29) is 0 Å². The summed E-state index contributed by atoms with van der Waals surface area (Å²) >= 11 is 0. The van der Waals surface area contributed by atoms with Crippen molar-refractivity contribution in [3.05, 3.63) is 53.6 Å². The van der Waals surface area contributed by atoms with Gasteiger partial charge in [-0.25, -0.2) is 4.79 Å². The van der Waals surface area contributed by atoms with Crippen LogP contribution in [0.2, 0.25) is 0 Å². The summed E-state index contributed by atoms with van der Waals surface area (Å²) in [5, 5.41) is 14.5. The number of anilines is 1. The number of hydrogen-bond acceptors (Lipinski definition) is 2. The van der Waals surface area contributed by atoms with E-state index in [1.165, 1.54) is 60.0 Å². The molecule has 4 heteroatoms. The van der Waals surface area contributed by atoms with Crippen LogP contribution < -0.4 is 5.32 Å². The summed E-state index contributed by atoms with van der Waals surface area (Å²) in [6.07, 6.45) is 8.52. The third kappa shape index (κ3) is 3.21. The van der Waals surface area contributed by atoms with E-state index in [9.17, 15) is 9.90 Å². The predicted molar refractivity (Wildman–Crippen MR) is 118 cm³/mol. The first kappa shape index (κ1) is 18.3. The van der Waals surface area contributed by atoms with Crippen molar-refractivity contribution in [2.75, 3.05) is 11.9 Å². The van der Waals surface area contributed by atoms with Gasteiger partial charge in [-0.3, -0.25) is 0 Å². The van der Waals surface area contributed by atoms with Crippen molar-refractivity contribution < 1.29 is 9.90 Å². The monoisotopic (exact) mass is 388 g/mol. The van der Waals surface area contributed by atoms with E-state index in [2.05, 4.69) is 40.2 Å². The second-order valence-electron chi connectivity index (χ2n) is 8.47. The maximum absolute atomic E-state index is 11.7. The zero-order chi connectivity index (χ0) is 19.8. The number of para-hydroxylation sites is 1. The lowest BCUT2D eigenvalue weighted by molar-refractivity contribution is 0.0697. The fourth-order valence-corrected chi connectivity index (χ4v) is 5.30. The molecular formula is C25H28N2O2. The Balaban J connectivity index is 1.84. The largest absolute Gasteiger partial charge is 0.478 e. The number of aryl methyl sites for hydroxylation is 1. The van der Waals surface area contributed by atoms with Gasteiger partial charge < -0.3 is 15.0 Å². The summed E-state index contributed by atoms with van der Waals surface area (Å²) < 4.78 is 2.41. The number of rotatable bonds is 2. The van der Waals surface area contributed by atoms with Crippen molar-refractivity contribution in [2.24, 2.45) is 0 Å². The molecule has 0 spiro atoms. The summed E-state index contributed by atoms with van der Waals surface area (Å²) in [7, 11) is 0. The second kappa shape index (κ2) is 7.58. The van der Waals surface area contributed by atoms with E-state index < -0.39 is 5.97 Å². The normalized spacial score (nSPS) is 17.5. The maximum atomic E-state index is 11.7. The molecule has 0 bridgehead atoms. The first-order chi connectivity index (χ1) is 14.2. The van der Waals surface area contributed by atoms with Crippen LogP contribution in [-0.4, -0.2) is 22.2 Å². The molecule has 1 aliphatic heterocycles. The van der Waals surface area contributed by atoms with Crippen LogP contribution in [0.5, 0.6) is 0 Å². The number of benzene rings is 2. The molecule has 0 amide bonds. The van der Waals surface area contributed by atoms with Crippen LogP contribution in [-0.2, 0) is 6.54 Å². The average molecular weight is 389 g/mol. The van der Waals surface area contributed by atoms with Crippen LogP contribution in [0.15, 0.2) is 42.5 Å². The Morgan fingerprint density at radius 2 is 1.83 bits per heavy atom. The standard InChI is InChI=1S/C25H28N2O2/c28-25(29)18-12-13-20-22(16-18)27-15-7-6-14-26-21-11-5-4-10-19(21)24(27)23(20)17-8-2-1-3-9-17/h4-5,10-13,16-17,26H,1-3,6-9,14-15H2,(H,28,29). The first-order valence-corrected chi connectivity index (χ1v) is 11.0. The summed E-state index contributed by atoms with van der Waals surface area (Å²) in [4.78, 5) is 11.7. The number of aromatic nitrogens is 1. The van der Waals surface area contributed by atoms with Gasteiger partial charge in [0.2, 0.25) is 0 Å². The molecule has 3 aromatic rings. The molecule has 2 heterocycles. The van der Waals surface area contributed by atoms with Crippen molar-refractivity contribution in [2.45, 2.75) is 57.4 Å². The van der Waals surface area contributed by atoms with Gasteiger partial charge >= 0.3 is 5.97 Å². The molecule has 1 aromatic heterocycles. The molecule has 0 radical (unpaired) electrons. The van der Waals surface area contributed by atoms with Gasteiger partial charge in [-0.1, -0.05) is 43.5 Å². The number of carbonyl (C=O) groups is 1. The molecule has 2 aliphatic rings. The Morgan fingerprint density at radius 3 is 2.66 bits per heavy atom. The number of fused-ring (bicyclic) bond motifs is 5. The van der Waals surface area contributed by atoms with E-state index in [1.807, 2.05) is 6.07 Å². The van der Waals surface area contributed by atoms with Crippen LogP contribution in [0.3, 0.4) is 0 Å². The SMILES string of the molecule is O=C(O)c1ccc2c(C3CCCCC3)c3n(c2c1)CCCCNc1ccccc1-3.